The number of halogens is 1. The van der Waals surface area contributed by atoms with E-state index in [9.17, 15) is 0 Å². The molecule has 1 aromatic rings. The first kappa shape index (κ1) is 13.7. The largest absolute Gasteiger partial charge is 0.498 e. The molecule has 0 spiro atoms. The zero-order chi connectivity index (χ0) is 13.7. The Morgan fingerprint density at radius 3 is 2.22 bits per heavy atom. The van der Waals surface area contributed by atoms with Crippen molar-refractivity contribution < 1.29 is 9.31 Å². The molecule has 98 valence electrons. The number of hydrogen-bond donors (Lipinski definition) is 1. The average molecular weight is 269 g/mol. The normalized spacial score (nSPS) is 21.3. The predicted molar refractivity (Wildman–Crippen MR) is 74.1 cm³/mol. The Hall–Kier alpha value is -0.775. The smallest absolute Gasteiger partial charge is 0.399 e. The van der Waals surface area contributed by atoms with Crippen LogP contribution in [-0.2, 0) is 9.31 Å². The highest BCUT2D eigenvalue weighted by Crippen LogP contribution is 2.36. The zero-order valence-electron chi connectivity index (χ0n) is 11.4. The first-order valence-electron chi connectivity index (χ1n) is 5.92. The molecule has 1 aromatic heterocycles. The highest BCUT2D eigenvalue weighted by atomic mass is 35.5. The van der Waals surface area contributed by atoms with Crippen LogP contribution >= 0.6 is 11.6 Å². The second kappa shape index (κ2) is 4.12. The monoisotopic (exact) mass is 268 g/mol. The summed E-state index contributed by atoms with van der Waals surface area (Å²) >= 11 is 6.08. The van der Waals surface area contributed by atoms with Gasteiger partial charge in [0.25, 0.3) is 0 Å². The molecule has 0 unspecified atom stereocenters. The van der Waals surface area contributed by atoms with Gasteiger partial charge in [0, 0.05) is 5.46 Å². The topological polar surface area (TPSA) is 57.4 Å². The molecule has 0 aliphatic carbocycles. The maximum atomic E-state index is 6.08. The maximum absolute atomic E-state index is 6.08. The Bertz CT molecular complexity index is 475. The first-order valence-corrected chi connectivity index (χ1v) is 6.30. The summed E-state index contributed by atoms with van der Waals surface area (Å²) in [6.07, 6.45) is 0. The summed E-state index contributed by atoms with van der Waals surface area (Å²) in [4.78, 5) is 4.20. The molecule has 0 radical (unpaired) electrons. The SMILES string of the molecule is Cc1nc(N)c(B2OC(C)(C)C(C)(C)O2)cc1Cl. The maximum Gasteiger partial charge on any atom is 0.498 e. The lowest BCUT2D eigenvalue weighted by molar-refractivity contribution is 0.00578. The summed E-state index contributed by atoms with van der Waals surface area (Å²) in [7, 11) is -0.527. The fourth-order valence-electron chi connectivity index (χ4n) is 1.77. The summed E-state index contributed by atoms with van der Waals surface area (Å²) in [6, 6.07) is 1.77. The van der Waals surface area contributed by atoms with E-state index in [-0.39, 0.29) is 0 Å². The molecule has 2 heterocycles. The minimum absolute atomic E-state index is 0.399. The van der Waals surface area contributed by atoms with Gasteiger partial charge in [-0.05, 0) is 40.7 Å². The van der Waals surface area contributed by atoms with Crippen molar-refractivity contribution in [1.29, 1.82) is 0 Å². The van der Waals surface area contributed by atoms with Crippen LogP contribution in [0, 0.1) is 6.92 Å². The quantitative estimate of drug-likeness (QED) is 0.791. The molecule has 4 nitrogen and oxygen atoms in total. The Balaban J connectivity index is 2.38. The van der Waals surface area contributed by atoms with Gasteiger partial charge in [0.05, 0.1) is 21.9 Å². The van der Waals surface area contributed by atoms with Gasteiger partial charge in [-0.1, -0.05) is 11.6 Å². The number of hydrogen-bond acceptors (Lipinski definition) is 4. The molecular weight excluding hydrogens is 250 g/mol. The van der Waals surface area contributed by atoms with Gasteiger partial charge in [-0.25, -0.2) is 4.98 Å². The van der Waals surface area contributed by atoms with E-state index in [4.69, 9.17) is 26.6 Å². The van der Waals surface area contributed by atoms with Gasteiger partial charge in [-0.2, -0.15) is 0 Å². The number of nitrogens with two attached hydrogens (primary N) is 1. The third-order valence-corrected chi connectivity index (χ3v) is 4.10. The van der Waals surface area contributed by atoms with Crippen molar-refractivity contribution in [1.82, 2.24) is 4.98 Å². The van der Waals surface area contributed by atoms with E-state index in [1.54, 1.807) is 6.07 Å². The van der Waals surface area contributed by atoms with Gasteiger partial charge in [0.15, 0.2) is 0 Å². The number of aromatic nitrogens is 1. The molecule has 0 aromatic carbocycles. The van der Waals surface area contributed by atoms with Crippen molar-refractivity contribution in [2.45, 2.75) is 45.8 Å². The molecule has 0 saturated carbocycles. The van der Waals surface area contributed by atoms with Crippen LogP contribution in [0.15, 0.2) is 6.07 Å². The zero-order valence-corrected chi connectivity index (χ0v) is 12.1. The van der Waals surface area contributed by atoms with E-state index in [1.807, 2.05) is 34.6 Å². The second-order valence-corrected chi connectivity index (χ2v) is 6.03. The summed E-state index contributed by atoms with van der Waals surface area (Å²) < 4.78 is 11.8. The van der Waals surface area contributed by atoms with Gasteiger partial charge in [-0.15, -0.1) is 0 Å². The Morgan fingerprint density at radius 1 is 1.22 bits per heavy atom. The van der Waals surface area contributed by atoms with Gasteiger partial charge >= 0.3 is 7.12 Å². The fraction of sp³-hybridized carbons (Fsp3) is 0.583. The first-order chi connectivity index (χ1) is 8.14. The van der Waals surface area contributed by atoms with Crippen LogP contribution in [0.2, 0.25) is 5.02 Å². The molecule has 0 amide bonds. The van der Waals surface area contributed by atoms with E-state index < -0.39 is 18.3 Å². The summed E-state index contributed by atoms with van der Waals surface area (Å²) in [5, 5.41) is 0.564. The molecule has 0 atom stereocenters. The number of aryl methyl sites for hydroxylation is 1. The molecule has 18 heavy (non-hydrogen) atoms. The molecule has 0 bridgehead atoms. The highest BCUT2D eigenvalue weighted by Gasteiger charge is 2.52. The Morgan fingerprint density at radius 2 is 1.72 bits per heavy atom. The van der Waals surface area contributed by atoms with Crippen LogP contribution in [0.4, 0.5) is 5.82 Å². The Labute approximate surface area is 113 Å². The van der Waals surface area contributed by atoms with Crippen LogP contribution in [0.25, 0.3) is 0 Å². The van der Waals surface area contributed by atoms with E-state index in [2.05, 4.69) is 4.98 Å². The lowest BCUT2D eigenvalue weighted by Crippen LogP contribution is -2.41. The summed E-state index contributed by atoms with van der Waals surface area (Å²) in [5.74, 6) is 0.399. The van der Waals surface area contributed by atoms with Gasteiger partial charge in [-0.3, -0.25) is 0 Å². The lowest BCUT2D eigenvalue weighted by atomic mass is 9.79. The van der Waals surface area contributed by atoms with Gasteiger partial charge < -0.3 is 15.0 Å². The third kappa shape index (κ3) is 2.11. The summed E-state index contributed by atoms with van der Waals surface area (Å²) in [6.45, 7) is 9.78. The standard InChI is InChI=1S/C12H18BClN2O2/c1-7-9(14)6-8(10(15)16-7)13-17-11(2,3)12(4,5)18-13/h6H,1-5H3,(H2,15,16). The average Bonchev–Trinajstić information content (AvgIpc) is 2.42. The molecule has 2 rings (SSSR count). The van der Waals surface area contributed by atoms with Gasteiger partial charge in [0.1, 0.15) is 5.82 Å². The van der Waals surface area contributed by atoms with Crippen LogP contribution < -0.4 is 11.2 Å². The minimum atomic E-state index is -0.527. The van der Waals surface area contributed by atoms with Crippen molar-refractivity contribution in [3.8, 4) is 0 Å². The molecular formula is C12H18BClN2O2. The van der Waals surface area contributed by atoms with Crippen LogP contribution in [-0.4, -0.2) is 23.3 Å². The van der Waals surface area contributed by atoms with Crippen molar-refractivity contribution in [3.05, 3.63) is 16.8 Å². The molecule has 1 saturated heterocycles. The minimum Gasteiger partial charge on any atom is -0.399 e. The number of rotatable bonds is 1. The highest BCUT2D eigenvalue weighted by molar-refractivity contribution is 6.64. The number of anilines is 1. The fourth-order valence-corrected chi connectivity index (χ4v) is 1.93. The molecule has 1 fully saturated rings. The molecule has 6 heteroatoms. The third-order valence-electron chi connectivity index (χ3n) is 3.72. The van der Waals surface area contributed by atoms with Crippen LogP contribution in [0.5, 0.6) is 0 Å². The van der Waals surface area contributed by atoms with Gasteiger partial charge in [0.2, 0.25) is 0 Å². The molecule has 2 N–H and O–H groups in total. The van der Waals surface area contributed by atoms with Crippen LogP contribution in [0.1, 0.15) is 33.4 Å². The van der Waals surface area contributed by atoms with E-state index in [0.717, 1.165) is 0 Å². The lowest BCUT2D eigenvalue weighted by Gasteiger charge is -2.32. The molecule has 1 aliphatic rings. The van der Waals surface area contributed by atoms with Crippen molar-refractivity contribution >= 4 is 30.0 Å². The number of pyridine rings is 1. The van der Waals surface area contributed by atoms with E-state index in [1.165, 1.54) is 0 Å². The summed E-state index contributed by atoms with van der Waals surface area (Å²) in [5.41, 5.74) is 6.50. The van der Waals surface area contributed by atoms with Crippen LogP contribution in [0.3, 0.4) is 0 Å². The molecule has 1 aliphatic heterocycles. The van der Waals surface area contributed by atoms with E-state index >= 15 is 0 Å². The van der Waals surface area contributed by atoms with Crippen molar-refractivity contribution in [3.63, 3.8) is 0 Å². The van der Waals surface area contributed by atoms with Crippen molar-refractivity contribution in [2.75, 3.05) is 5.73 Å². The predicted octanol–water partition coefficient (Wildman–Crippen LogP) is 1.92. The number of nitrogen functional groups attached to an aromatic ring is 1. The second-order valence-electron chi connectivity index (χ2n) is 5.62. The number of nitrogens with zero attached hydrogens (tertiary/aromatic N) is 1. The van der Waals surface area contributed by atoms with E-state index in [0.29, 0.717) is 22.0 Å². The Kier molecular flexibility index (Phi) is 3.12. The van der Waals surface area contributed by atoms with Crippen molar-refractivity contribution in [2.24, 2.45) is 0 Å².